The fourth-order valence-corrected chi connectivity index (χ4v) is 2.69. The number of benzene rings is 1. The molecule has 3 N–H and O–H groups in total. The second-order valence-electron chi connectivity index (χ2n) is 6.70. The molecule has 0 unspecified atom stereocenters. The highest BCUT2D eigenvalue weighted by molar-refractivity contribution is 5.31. The standard InChI is InChI=1S/C16H25NO/c1-15(2,3)12-4-6-13(7-5-12)16(18)10-8-14(17)9-11-16/h4-7,14,18H,8-11,17H2,1-3H3. The minimum Gasteiger partial charge on any atom is -0.385 e. The van der Waals surface area contributed by atoms with Crippen LogP contribution in [0, 0.1) is 0 Å². The van der Waals surface area contributed by atoms with Gasteiger partial charge in [-0.05, 0) is 42.2 Å². The summed E-state index contributed by atoms with van der Waals surface area (Å²) in [6.07, 6.45) is 3.39. The van der Waals surface area contributed by atoms with Gasteiger partial charge < -0.3 is 10.8 Å². The Labute approximate surface area is 110 Å². The molecule has 0 spiro atoms. The molecule has 0 amide bonds. The molecule has 0 radical (unpaired) electrons. The normalized spacial score (nSPS) is 29.3. The van der Waals surface area contributed by atoms with Crippen LogP contribution in [-0.2, 0) is 11.0 Å². The first-order chi connectivity index (χ1) is 8.31. The van der Waals surface area contributed by atoms with Crippen molar-refractivity contribution in [1.82, 2.24) is 0 Å². The average Bonchev–Trinajstić information content (AvgIpc) is 2.32. The number of nitrogens with two attached hydrogens (primary N) is 1. The zero-order valence-corrected chi connectivity index (χ0v) is 11.7. The molecule has 1 fully saturated rings. The first kappa shape index (κ1) is 13.6. The Kier molecular flexibility index (Phi) is 3.52. The first-order valence-corrected chi connectivity index (χ1v) is 6.90. The molecule has 0 aromatic heterocycles. The van der Waals surface area contributed by atoms with Crippen LogP contribution in [0.1, 0.15) is 57.6 Å². The molecule has 100 valence electrons. The molecular weight excluding hydrogens is 222 g/mol. The summed E-state index contributed by atoms with van der Waals surface area (Å²) >= 11 is 0. The smallest absolute Gasteiger partial charge is 0.0897 e. The van der Waals surface area contributed by atoms with Gasteiger partial charge in [0.05, 0.1) is 5.60 Å². The van der Waals surface area contributed by atoms with Crippen LogP contribution < -0.4 is 5.73 Å². The molecule has 1 aliphatic rings. The lowest BCUT2D eigenvalue weighted by molar-refractivity contribution is -0.00498. The zero-order valence-electron chi connectivity index (χ0n) is 11.7. The third-order valence-corrected chi connectivity index (χ3v) is 4.15. The van der Waals surface area contributed by atoms with Crippen LogP contribution in [0.25, 0.3) is 0 Å². The van der Waals surface area contributed by atoms with Crippen LogP contribution in [0.2, 0.25) is 0 Å². The van der Waals surface area contributed by atoms with Crippen LogP contribution >= 0.6 is 0 Å². The molecule has 2 heteroatoms. The van der Waals surface area contributed by atoms with E-state index in [1.165, 1.54) is 5.56 Å². The lowest BCUT2D eigenvalue weighted by atomic mass is 9.77. The van der Waals surface area contributed by atoms with Gasteiger partial charge in [0.1, 0.15) is 0 Å². The van der Waals surface area contributed by atoms with E-state index in [1.54, 1.807) is 0 Å². The Morgan fingerprint density at radius 1 is 1.11 bits per heavy atom. The van der Waals surface area contributed by atoms with Gasteiger partial charge in [0.2, 0.25) is 0 Å². The molecule has 1 saturated carbocycles. The summed E-state index contributed by atoms with van der Waals surface area (Å²) in [5, 5.41) is 10.7. The summed E-state index contributed by atoms with van der Waals surface area (Å²) in [4.78, 5) is 0. The summed E-state index contributed by atoms with van der Waals surface area (Å²) < 4.78 is 0. The Morgan fingerprint density at radius 2 is 1.61 bits per heavy atom. The highest BCUT2D eigenvalue weighted by Gasteiger charge is 2.33. The maximum absolute atomic E-state index is 10.7. The molecule has 0 bridgehead atoms. The number of hydrogen-bond acceptors (Lipinski definition) is 2. The van der Waals surface area contributed by atoms with Crippen molar-refractivity contribution in [2.24, 2.45) is 5.73 Å². The molecule has 1 aliphatic carbocycles. The van der Waals surface area contributed by atoms with Crippen molar-refractivity contribution in [3.63, 3.8) is 0 Å². The summed E-state index contributed by atoms with van der Waals surface area (Å²) in [7, 11) is 0. The van der Waals surface area contributed by atoms with Crippen molar-refractivity contribution < 1.29 is 5.11 Å². The molecule has 18 heavy (non-hydrogen) atoms. The highest BCUT2D eigenvalue weighted by atomic mass is 16.3. The monoisotopic (exact) mass is 247 g/mol. The summed E-state index contributed by atoms with van der Waals surface area (Å²) in [6.45, 7) is 6.61. The Hall–Kier alpha value is -0.860. The maximum atomic E-state index is 10.7. The van der Waals surface area contributed by atoms with E-state index >= 15 is 0 Å². The molecular formula is C16H25NO. The third-order valence-electron chi connectivity index (χ3n) is 4.15. The van der Waals surface area contributed by atoms with Crippen LogP contribution in [0.4, 0.5) is 0 Å². The fourth-order valence-electron chi connectivity index (χ4n) is 2.69. The summed E-state index contributed by atoms with van der Waals surface area (Å²) in [5.74, 6) is 0. The predicted octanol–water partition coefficient (Wildman–Crippen LogP) is 3.07. The predicted molar refractivity (Wildman–Crippen MR) is 75.5 cm³/mol. The largest absolute Gasteiger partial charge is 0.385 e. The van der Waals surface area contributed by atoms with Crippen molar-refractivity contribution in [3.05, 3.63) is 35.4 Å². The van der Waals surface area contributed by atoms with Gasteiger partial charge in [-0.3, -0.25) is 0 Å². The van der Waals surface area contributed by atoms with Gasteiger partial charge in [-0.25, -0.2) is 0 Å². The van der Waals surface area contributed by atoms with Crippen molar-refractivity contribution >= 4 is 0 Å². The van der Waals surface area contributed by atoms with Gasteiger partial charge in [0.25, 0.3) is 0 Å². The molecule has 1 aromatic carbocycles. The number of aliphatic hydroxyl groups is 1. The van der Waals surface area contributed by atoms with Crippen molar-refractivity contribution in [2.75, 3.05) is 0 Å². The van der Waals surface area contributed by atoms with E-state index in [-0.39, 0.29) is 11.5 Å². The Bertz CT molecular complexity index is 394. The van der Waals surface area contributed by atoms with E-state index in [0.717, 1.165) is 31.2 Å². The topological polar surface area (TPSA) is 46.2 Å². The van der Waals surface area contributed by atoms with Crippen LogP contribution in [0.3, 0.4) is 0 Å². The van der Waals surface area contributed by atoms with Crippen LogP contribution in [0.15, 0.2) is 24.3 Å². The molecule has 2 nitrogen and oxygen atoms in total. The van der Waals surface area contributed by atoms with E-state index in [9.17, 15) is 5.11 Å². The van der Waals surface area contributed by atoms with E-state index in [1.807, 2.05) is 0 Å². The lowest BCUT2D eigenvalue weighted by Crippen LogP contribution is -2.36. The van der Waals surface area contributed by atoms with E-state index in [2.05, 4.69) is 45.0 Å². The highest BCUT2D eigenvalue weighted by Crippen LogP contribution is 2.37. The average molecular weight is 247 g/mol. The van der Waals surface area contributed by atoms with Gasteiger partial charge in [-0.15, -0.1) is 0 Å². The zero-order chi connectivity index (χ0) is 13.4. The van der Waals surface area contributed by atoms with Crippen molar-refractivity contribution in [1.29, 1.82) is 0 Å². The minimum absolute atomic E-state index is 0.163. The van der Waals surface area contributed by atoms with Gasteiger partial charge in [0, 0.05) is 6.04 Å². The van der Waals surface area contributed by atoms with Crippen LogP contribution in [0.5, 0.6) is 0 Å². The van der Waals surface area contributed by atoms with E-state index in [4.69, 9.17) is 5.73 Å². The Balaban J connectivity index is 2.19. The van der Waals surface area contributed by atoms with Gasteiger partial charge >= 0.3 is 0 Å². The summed E-state index contributed by atoms with van der Waals surface area (Å²) in [6, 6.07) is 8.71. The number of hydrogen-bond donors (Lipinski definition) is 2. The van der Waals surface area contributed by atoms with E-state index in [0.29, 0.717) is 0 Å². The molecule has 2 rings (SSSR count). The molecule has 0 aliphatic heterocycles. The van der Waals surface area contributed by atoms with Gasteiger partial charge in [0.15, 0.2) is 0 Å². The molecule has 0 saturated heterocycles. The first-order valence-electron chi connectivity index (χ1n) is 6.90. The Morgan fingerprint density at radius 3 is 2.06 bits per heavy atom. The van der Waals surface area contributed by atoms with E-state index < -0.39 is 5.60 Å². The van der Waals surface area contributed by atoms with Gasteiger partial charge in [-0.1, -0.05) is 45.0 Å². The molecule has 0 atom stereocenters. The lowest BCUT2D eigenvalue weighted by Gasteiger charge is -2.35. The second kappa shape index (κ2) is 4.67. The maximum Gasteiger partial charge on any atom is 0.0897 e. The fraction of sp³-hybridized carbons (Fsp3) is 0.625. The summed E-state index contributed by atoms with van der Waals surface area (Å²) in [5.41, 5.74) is 7.76. The number of rotatable bonds is 1. The minimum atomic E-state index is -0.660. The SMILES string of the molecule is CC(C)(C)c1ccc(C2(O)CCC(N)CC2)cc1. The molecule has 1 aromatic rings. The second-order valence-corrected chi connectivity index (χ2v) is 6.70. The van der Waals surface area contributed by atoms with Gasteiger partial charge in [-0.2, -0.15) is 0 Å². The van der Waals surface area contributed by atoms with Crippen molar-refractivity contribution in [3.8, 4) is 0 Å². The third kappa shape index (κ3) is 2.76. The quantitative estimate of drug-likeness (QED) is 0.801. The van der Waals surface area contributed by atoms with Crippen LogP contribution in [-0.4, -0.2) is 11.1 Å². The molecule has 0 heterocycles. The van der Waals surface area contributed by atoms with Crippen molar-refractivity contribution in [2.45, 2.75) is 63.5 Å².